The van der Waals surface area contributed by atoms with Crippen molar-refractivity contribution in [2.75, 3.05) is 19.6 Å². The molecule has 3 heterocycles. The fourth-order valence-electron chi connectivity index (χ4n) is 3.24. The molecule has 3 nitrogen and oxygen atoms in total. The number of benzene rings is 1. The monoisotopic (exact) mass is 302 g/mol. The van der Waals surface area contributed by atoms with Crippen LogP contribution in [0.2, 0.25) is 0 Å². The molecule has 112 valence electrons. The first-order valence-corrected chi connectivity index (χ1v) is 8.46. The fraction of sp³-hybridized carbons (Fsp3) is 0.471. The summed E-state index contributed by atoms with van der Waals surface area (Å²) in [5.41, 5.74) is 0. The molecule has 0 aromatic heterocycles. The van der Waals surface area contributed by atoms with Crippen LogP contribution in [0.5, 0.6) is 0 Å². The zero-order valence-corrected chi connectivity index (χ0v) is 13.2. The van der Waals surface area contributed by atoms with E-state index in [-0.39, 0.29) is 5.91 Å². The van der Waals surface area contributed by atoms with Crippen LogP contribution in [0.25, 0.3) is 0 Å². The van der Waals surface area contributed by atoms with Gasteiger partial charge in [-0.2, -0.15) is 0 Å². The summed E-state index contributed by atoms with van der Waals surface area (Å²) in [6.45, 7) is 5.43. The van der Waals surface area contributed by atoms with Crippen LogP contribution in [0.15, 0.2) is 46.2 Å². The maximum absolute atomic E-state index is 12.2. The Morgan fingerprint density at radius 2 is 2.00 bits per heavy atom. The van der Waals surface area contributed by atoms with Gasteiger partial charge in [0.05, 0.1) is 0 Å². The molecule has 4 rings (SSSR count). The minimum absolute atomic E-state index is 0.0506. The highest BCUT2D eigenvalue weighted by atomic mass is 32.2. The second-order valence-corrected chi connectivity index (χ2v) is 7.24. The van der Waals surface area contributed by atoms with Gasteiger partial charge in [0.2, 0.25) is 5.91 Å². The molecule has 3 aliphatic heterocycles. The van der Waals surface area contributed by atoms with Crippen LogP contribution in [-0.2, 0) is 4.79 Å². The topological polar surface area (TPSA) is 32.3 Å². The van der Waals surface area contributed by atoms with E-state index in [1.54, 1.807) is 17.8 Å². The number of hydrogen-bond acceptors (Lipinski definition) is 3. The Bertz CT molecular complexity index is 521. The van der Waals surface area contributed by atoms with Gasteiger partial charge < -0.3 is 10.2 Å². The van der Waals surface area contributed by atoms with E-state index in [1.807, 2.05) is 25.1 Å². The predicted octanol–water partition coefficient (Wildman–Crippen LogP) is 2.89. The number of amides is 1. The molecule has 3 aliphatic rings. The largest absolute Gasteiger partial charge is 0.348 e. The summed E-state index contributed by atoms with van der Waals surface area (Å²) >= 11 is 1.64. The lowest BCUT2D eigenvalue weighted by Crippen LogP contribution is -2.57. The summed E-state index contributed by atoms with van der Waals surface area (Å²) in [5.74, 6) is 0.726. The Kier molecular flexibility index (Phi) is 4.66. The molecule has 0 aliphatic carbocycles. The SMILES string of the molecule is CC(=CC(=O)NC1CN2CCC1CC2)Sc1ccccc1. The minimum atomic E-state index is 0.0506. The molecule has 2 bridgehead atoms. The Morgan fingerprint density at radius 1 is 1.29 bits per heavy atom. The van der Waals surface area contributed by atoms with E-state index >= 15 is 0 Å². The molecule has 0 saturated carbocycles. The summed E-state index contributed by atoms with van der Waals surface area (Å²) in [5, 5.41) is 3.20. The Morgan fingerprint density at radius 3 is 2.62 bits per heavy atom. The Balaban J connectivity index is 1.54. The van der Waals surface area contributed by atoms with Gasteiger partial charge in [0.25, 0.3) is 0 Å². The minimum Gasteiger partial charge on any atom is -0.348 e. The molecule has 21 heavy (non-hydrogen) atoms. The van der Waals surface area contributed by atoms with E-state index in [0.29, 0.717) is 12.0 Å². The van der Waals surface area contributed by atoms with Gasteiger partial charge in [-0.3, -0.25) is 4.79 Å². The van der Waals surface area contributed by atoms with Gasteiger partial charge in [0, 0.05) is 23.6 Å². The van der Waals surface area contributed by atoms with Crippen molar-refractivity contribution in [3.05, 3.63) is 41.3 Å². The summed E-state index contributed by atoms with van der Waals surface area (Å²) < 4.78 is 0. The quantitative estimate of drug-likeness (QED) is 0.685. The van der Waals surface area contributed by atoms with Gasteiger partial charge in [0.15, 0.2) is 0 Å². The molecule has 3 fully saturated rings. The van der Waals surface area contributed by atoms with Gasteiger partial charge in [-0.15, -0.1) is 0 Å². The van der Waals surface area contributed by atoms with E-state index in [2.05, 4.69) is 22.3 Å². The lowest BCUT2D eigenvalue weighted by molar-refractivity contribution is -0.118. The standard InChI is InChI=1S/C17H22N2OS/c1-13(21-15-5-3-2-4-6-15)11-17(20)18-16-12-19-9-7-14(16)8-10-19/h2-6,11,14,16H,7-10,12H2,1H3,(H,18,20). The van der Waals surface area contributed by atoms with Crippen LogP contribution >= 0.6 is 11.8 Å². The van der Waals surface area contributed by atoms with Gasteiger partial charge in [0.1, 0.15) is 0 Å². The smallest absolute Gasteiger partial charge is 0.245 e. The normalized spacial score (nSPS) is 28.4. The number of allylic oxidation sites excluding steroid dienone is 1. The summed E-state index contributed by atoms with van der Waals surface area (Å²) in [4.78, 5) is 16.8. The third-order valence-corrected chi connectivity index (χ3v) is 5.29. The van der Waals surface area contributed by atoms with Crippen LogP contribution in [0.1, 0.15) is 19.8 Å². The van der Waals surface area contributed by atoms with Crippen molar-refractivity contribution in [1.29, 1.82) is 0 Å². The molecule has 0 spiro atoms. The molecule has 4 heteroatoms. The van der Waals surface area contributed by atoms with Gasteiger partial charge in [-0.1, -0.05) is 30.0 Å². The highest BCUT2D eigenvalue weighted by molar-refractivity contribution is 8.03. The first-order chi connectivity index (χ1) is 10.2. The van der Waals surface area contributed by atoms with Gasteiger partial charge >= 0.3 is 0 Å². The van der Waals surface area contributed by atoms with Gasteiger partial charge in [-0.25, -0.2) is 0 Å². The number of carbonyl (C=O) groups is 1. The van der Waals surface area contributed by atoms with Crippen LogP contribution in [-0.4, -0.2) is 36.5 Å². The molecular formula is C17H22N2OS. The maximum Gasteiger partial charge on any atom is 0.245 e. The third-order valence-electron chi connectivity index (χ3n) is 4.34. The molecule has 1 N–H and O–H groups in total. The first-order valence-electron chi connectivity index (χ1n) is 7.65. The fourth-order valence-corrected chi connectivity index (χ4v) is 4.07. The Labute approximate surface area is 130 Å². The number of nitrogens with zero attached hydrogens (tertiary/aromatic N) is 1. The van der Waals surface area contributed by atoms with E-state index in [4.69, 9.17) is 0 Å². The molecule has 3 saturated heterocycles. The molecule has 1 aromatic carbocycles. The number of carbonyl (C=O) groups excluding carboxylic acids is 1. The second-order valence-electron chi connectivity index (χ2n) is 5.92. The highest BCUT2D eigenvalue weighted by Gasteiger charge is 2.34. The number of nitrogens with one attached hydrogen (secondary N) is 1. The van der Waals surface area contributed by atoms with Crippen molar-refractivity contribution in [1.82, 2.24) is 10.2 Å². The van der Waals surface area contributed by atoms with E-state index in [1.165, 1.54) is 30.8 Å². The molecule has 0 radical (unpaired) electrons. The lowest BCUT2D eigenvalue weighted by atomic mass is 9.84. The van der Waals surface area contributed by atoms with Crippen molar-refractivity contribution in [3.8, 4) is 0 Å². The molecule has 1 unspecified atom stereocenters. The zero-order valence-electron chi connectivity index (χ0n) is 12.4. The van der Waals surface area contributed by atoms with Crippen LogP contribution in [0.4, 0.5) is 0 Å². The Hall–Kier alpha value is -1.26. The highest BCUT2D eigenvalue weighted by Crippen LogP contribution is 2.28. The van der Waals surface area contributed by atoms with E-state index < -0.39 is 0 Å². The van der Waals surface area contributed by atoms with Crippen molar-refractivity contribution in [3.63, 3.8) is 0 Å². The summed E-state index contributed by atoms with van der Waals surface area (Å²) in [7, 11) is 0. The van der Waals surface area contributed by atoms with Crippen molar-refractivity contribution >= 4 is 17.7 Å². The van der Waals surface area contributed by atoms with Crippen molar-refractivity contribution in [2.24, 2.45) is 5.92 Å². The molecule has 1 aromatic rings. The van der Waals surface area contributed by atoms with Crippen molar-refractivity contribution < 1.29 is 4.79 Å². The molecule has 1 atom stereocenters. The number of fused-ring (bicyclic) bond motifs is 3. The predicted molar refractivity (Wildman–Crippen MR) is 87.2 cm³/mol. The average Bonchev–Trinajstić information content (AvgIpc) is 2.49. The molecular weight excluding hydrogens is 280 g/mol. The zero-order chi connectivity index (χ0) is 14.7. The second kappa shape index (κ2) is 6.67. The van der Waals surface area contributed by atoms with E-state index in [0.717, 1.165) is 11.4 Å². The number of thioether (sulfide) groups is 1. The van der Waals surface area contributed by atoms with Crippen LogP contribution < -0.4 is 5.32 Å². The van der Waals surface area contributed by atoms with Crippen LogP contribution in [0.3, 0.4) is 0 Å². The summed E-state index contributed by atoms with van der Waals surface area (Å²) in [6.07, 6.45) is 4.19. The molecule has 1 amide bonds. The average molecular weight is 302 g/mol. The maximum atomic E-state index is 12.2. The lowest BCUT2D eigenvalue weighted by Gasteiger charge is -2.44. The number of hydrogen-bond donors (Lipinski definition) is 1. The van der Waals surface area contributed by atoms with Crippen molar-refractivity contribution in [2.45, 2.75) is 30.7 Å². The third kappa shape index (κ3) is 3.89. The van der Waals surface area contributed by atoms with Crippen LogP contribution in [0, 0.1) is 5.92 Å². The summed E-state index contributed by atoms with van der Waals surface area (Å²) in [6, 6.07) is 10.5. The first kappa shape index (κ1) is 14.7. The van der Waals surface area contributed by atoms with Gasteiger partial charge in [-0.05, 0) is 55.8 Å². The number of piperidine rings is 3. The van der Waals surface area contributed by atoms with E-state index in [9.17, 15) is 4.79 Å². The number of rotatable bonds is 4.